The maximum absolute atomic E-state index is 10.5. The fourth-order valence-electron chi connectivity index (χ4n) is 4.03. The van der Waals surface area contributed by atoms with Crippen molar-refractivity contribution >= 4 is 6.29 Å². The molecule has 1 saturated carbocycles. The maximum Gasteiger partial charge on any atom is 0.120 e. The Bertz CT molecular complexity index is 279. The lowest BCUT2D eigenvalue weighted by atomic mass is 9.85. The Hall–Kier alpha value is -0.450. The van der Waals surface area contributed by atoms with E-state index in [1.165, 1.54) is 32.1 Å². The molecule has 0 saturated heterocycles. The standard InChI is InChI=1S/C16H33N3O/c1-5-13(7-6-12-20)8-9-14-10-11-15(17-2)16(14,18-3)19-4/h12-15,17-19H,5-11H2,1-4H3. The molecule has 0 bridgehead atoms. The van der Waals surface area contributed by atoms with E-state index in [2.05, 4.69) is 44.0 Å². The SMILES string of the molecule is CCC(CCC=O)CCC1CCC(NC)C1(NC)NC. The molecular weight excluding hydrogens is 250 g/mol. The molecule has 0 radical (unpaired) electrons. The van der Waals surface area contributed by atoms with Gasteiger partial charge in [0.05, 0.1) is 5.66 Å². The van der Waals surface area contributed by atoms with Crippen LogP contribution in [0, 0.1) is 11.8 Å². The van der Waals surface area contributed by atoms with E-state index in [0.29, 0.717) is 24.3 Å². The Kier molecular flexibility index (Phi) is 7.70. The summed E-state index contributed by atoms with van der Waals surface area (Å²) in [6.45, 7) is 2.24. The first-order valence-corrected chi connectivity index (χ1v) is 8.17. The van der Waals surface area contributed by atoms with Crippen molar-refractivity contribution in [3.05, 3.63) is 0 Å². The number of rotatable bonds is 10. The van der Waals surface area contributed by atoms with Gasteiger partial charge in [-0.05, 0) is 58.7 Å². The molecule has 0 aromatic carbocycles. The van der Waals surface area contributed by atoms with E-state index in [1.54, 1.807) is 0 Å². The van der Waals surface area contributed by atoms with Gasteiger partial charge in [0, 0.05) is 12.5 Å². The summed E-state index contributed by atoms with van der Waals surface area (Å²) < 4.78 is 0. The lowest BCUT2D eigenvalue weighted by molar-refractivity contribution is -0.108. The van der Waals surface area contributed by atoms with Gasteiger partial charge in [-0.1, -0.05) is 19.8 Å². The zero-order valence-corrected chi connectivity index (χ0v) is 13.7. The molecule has 3 unspecified atom stereocenters. The minimum atomic E-state index is 0.0116. The number of carbonyl (C=O) groups excluding carboxylic acids is 1. The molecule has 3 atom stereocenters. The molecule has 0 heterocycles. The van der Waals surface area contributed by atoms with Gasteiger partial charge in [0.1, 0.15) is 6.29 Å². The topological polar surface area (TPSA) is 53.2 Å². The van der Waals surface area contributed by atoms with Crippen LogP contribution in [0.1, 0.15) is 51.9 Å². The normalized spacial score (nSPS) is 26.6. The van der Waals surface area contributed by atoms with Crippen molar-refractivity contribution in [2.75, 3.05) is 21.1 Å². The van der Waals surface area contributed by atoms with E-state index >= 15 is 0 Å². The highest BCUT2D eigenvalue weighted by molar-refractivity contribution is 5.49. The molecule has 4 heteroatoms. The third kappa shape index (κ3) is 3.80. The van der Waals surface area contributed by atoms with Crippen LogP contribution in [-0.2, 0) is 4.79 Å². The summed E-state index contributed by atoms with van der Waals surface area (Å²) in [5.74, 6) is 1.35. The number of hydrogen-bond donors (Lipinski definition) is 3. The molecule has 0 aliphatic heterocycles. The third-order valence-electron chi connectivity index (χ3n) is 5.37. The third-order valence-corrected chi connectivity index (χ3v) is 5.37. The average molecular weight is 283 g/mol. The quantitative estimate of drug-likeness (QED) is 0.423. The van der Waals surface area contributed by atoms with Crippen LogP contribution in [0.4, 0.5) is 0 Å². The first-order valence-electron chi connectivity index (χ1n) is 8.17. The zero-order chi connectivity index (χ0) is 15.0. The first kappa shape index (κ1) is 17.6. The van der Waals surface area contributed by atoms with Gasteiger partial charge in [-0.25, -0.2) is 0 Å². The van der Waals surface area contributed by atoms with Crippen LogP contribution in [0.3, 0.4) is 0 Å². The number of nitrogens with one attached hydrogen (secondary N) is 3. The summed E-state index contributed by atoms with van der Waals surface area (Å²) in [5.41, 5.74) is 0.0116. The Labute approximate surface area is 124 Å². The van der Waals surface area contributed by atoms with Gasteiger partial charge in [-0.15, -0.1) is 0 Å². The molecule has 0 spiro atoms. The van der Waals surface area contributed by atoms with Crippen LogP contribution in [0.25, 0.3) is 0 Å². The predicted octanol–water partition coefficient (Wildman–Crippen LogP) is 1.91. The molecule has 1 aliphatic carbocycles. The molecule has 20 heavy (non-hydrogen) atoms. The van der Waals surface area contributed by atoms with Crippen molar-refractivity contribution < 1.29 is 4.79 Å². The van der Waals surface area contributed by atoms with E-state index in [0.717, 1.165) is 12.7 Å². The van der Waals surface area contributed by atoms with Gasteiger partial charge in [-0.3, -0.25) is 0 Å². The fraction of sp³-hybridized carbons (Fsp3) is 0.938. The summed E-state index contributed by atoms with van der Waals surface area (Å²) in [6, 6.07) is 0.484. The number of aldehydes is 1. The molecule has 0 aromatic heterocycles. The average Bonchev–Trinajstić information content (AvgIpc) is 2.85. The highest BCUT2D eigenvalue weighted by Crippen LogP contribution is 2.38. The minimum absolute atomic E-state index is 0.0116. The number of hydrogen-bond acceptors (Lipinski definition) is 4. The fourth-order valence-corrected chi connectivity index (χ4v) is 4.03. The second kappa shape index (κ2) is 8.75. The van der Waals surface area contributed by atoms with Crippen molar-refractivity contribution in [3.8, 4) is 0 Å². The summed E-state index contributed by atoms with van der Waals surface area (Å²) in [6.07, 6.45) is 8.95. The highest BCUT2D eigenvalue weighted by atomic mass is 16.1. The molecule has 4 nitrogen and oxygen atoms in total. The van der Waals surface area contributed by atoms with Crippen LogP contribution >= 0.6 is 0 Å². The lowest BCUT2D eigenvalue weighted by Crippen LogP contribution is -2.66. The van der Waals surface area contributed by atoms with E-state index in [-0.39, 0.29) is 5.66 Å². The molecule has 0 amide bonds. The van der Waals surface area contributed by atoms with Crippen LogP contribution in [0.5, 0.6) is 0 Å². The van der Waals surface area contributed by atoms with Gasteiger partial charge < -0.3 is 20.7 Å². The molecule has 1 aliphatic rings. The minimum Gasteiger partial charge on any atom is -0.314 e. The summed E-state index contributed by atoms with van der Waals surface area (Å²) in [7, 11) is 6.17. The smallest absolute Gasteiger partial charge is 0.120 e. The first-order chi connectivity index (χ1) is 9.68. The molecule has 3 N–H and O–H groups in total. The molecule has 118 valence electrons. The van der Waals surface area contributed by atoms with Gasteiger partial charge in [0.25, 0.3) is 0 Å². The second-order valence-corrected chi connectivity index (χ2v) is 6.08. The molecule has 1 rings (SSSR count). The van der Waals surface area contributed by atoms with Crippen molar-refractivity contribution in [1.29, 1.82) is 0 Å². The van der Waals surface area contributed by atoms with Crippen LogP contribution < -0.4 is 16.0 Å². The van der Waals surface area contributed by atoms with Gasteiger partial charge >= 0.3 is 0 Å². The second-order valence-electron chi connectivity index (χ2n) is 6.08. The Morgan fingerprint density at radius 3 is 2.40 bits per heavy atom. The molecular formula is C16H33N3O. The monoisotopic (exact) mass is 283 g/mol. The Morgan fingerprint density at radius 2 is 1.90 bits per heavy atom. The number of carbonyl (C=O) groups is 1. The van der Waals surface area contributed by atoms with Gasteiger partial charge in [-0.2, -0.15) is 0 Å². The predicted molar refractivity (Wildman–Crippen MR) is 84.7 cm³/mol. The number of likely N-dealkylation sites (N-methyl/N-ethyl adjacent to an activating group) is 3. The molecule has 0 aromatic rings. The molecule has 1 fully saturated rings. The van der Waals surface area contributed by atoms with Crippen LogP contribution in [0.15, 0.2) is 0 Å². The highest BCUT2D eigenvalue weighted by Gasteiger charge is 2.47. The van der Waals surface area contributed by atoms with E-state index in [1.807, 2.05) is 0 Å². The van der Waals surface area contributed by atoms with Crippen molar-refractivity contribution in [2.24, 2.45) is 11.8 Å². The van der Waals surface area contributed by atoms with E-state index in [9.17, 15) is 4.79 Å². The van der Waals surface area contributed by atoms with Crippen LogP contribution in [-0.4, -0.2) is 39.1 Å². The van der Waals surface area contributed by atoms with Crippen molar-refractivity contribution in [1.82, 2.24) is 16.0 Å². The van der Waals surface area contributed by atoms with Crippen molar-refractivity contribution in [3.63, 3.8) is 0 Å². The Morgan fingerprint density at radius 1 is 1.20 bits per heavy atom. The van der Waals surface area contributed by atoms with Crippen LogP contribution in [0.2, 0.25) is 0 Å². The summed E-state index contributed by atoms with van der Waals surface area (Å²) in [5, 5.41) is 10.5. The van der Waals surface area contributed by atoms with Gasteiger partial charge in [0.2, 0.25) is 0 Å². The summed E-state index contributed by atoms with van der Waals surface area (Å²) in [4.78, 5) is 10.5. The largest absolute Gasteiger partial charge is 0.314 e. The zero-order valence-electron chi connectivity index (χ0n) is 13.7. The van der Waals surface area contributed by atoms with E-state index in [4.69, 9.17) is 0 Å². The van der Waals surface area contributed by atoms with E-state index < -0.39 is 0 Å². The Balaban J connectivity index is 2.59. The summed E-state index contributed by atoms with van der Waals surface area (Å²) >= 11 is 0. The van der Waals surface area contributed by atoms with Crippen molar-refractivity contribution in [2.45, 2.75) is 63.6 Å². The lowest BCUT2D eigenvalue weighted by Gasteiger charge is -2.40. The van der Waals surface area contributed by atoms with Gasteiger partial charge in [0.15, 0.2) is 0 Å². The maximum atomic E-state index is 10.5.